The molecule has 0 spiro atoms. The van der Waals surface area contributed by atoms with E-state index in [0.717, 1.165) is 24.1 Å². The van der Waals surface area contributed by atoms with Crippen LogP contribution in [0.1, 0.15) is 37.9 Å². The number of imidazole rings is 1. The molecule has 36 heavy (non-hydrogen) atoms. The van der Waals surface area contributed by atoms with Crippen molar-refractivity contribution in [1.29, 1.82) is 0 Å². The summed E-state index contributed by atoms with van der Waals surface area (Å²) in [5.74, 6) is -0.0826. The van der Waals surface area contributed by atoms with E-state index in [-0.39, 0.29) is 30.9 Å². The van der Waals surface area contributed by atoms with Gasteiger partial charge in [-0.2, -0.15) is 11.8 Å². The van der Waals surface area contributed by atoms with Crippen LogP contribution in [0.2, 0.25) is 0 Å². The summed E-state index contributed by atoms with van der Waals surface area (Å²) < 4.78 is 6.05. The molecule has 1 unspecified atom stereocenters. The summed E-state index contributed by atoms with van der Waals surface area (Å²) in [4.78, 5) is 45.2. The monoisotopic (exact) mass is 518 g/mol. The quantitative estimate of drug-likeness (QED) is 0.395. The molecule has 3 atom stereocenters. The summed E-state index contributed by atoms with van der Waals surface area (Å²) >= 11 is 1.86. The Hall–Kier alpha value is -2.85. The number of hydrogen-bond acceptors (Lipinski definition) is 6. The van der Waals surface area contributed by atoms with Gasteiger partial charge in [0.2, 0.25) is 11.8 Å². The number of nitrogens with one attached hydrogen (secondary N) is 2. The van der Waals surface area contributed by atoms with Crippen LogP contribution < -0.4 is 5.32 Å². The maximum atomic E-state index is 12.9. The van der Waals surface area contributed by atoms with Crippen LogP contribution in [-0.2, 0) is 32.0 Å². The van der Waals surface area contributed by atoms with Crippen molar-refractivity contribution in [3.63, 3.8) is 0 Å². The highest BCUT2D eigenvalue weighted by Gasteiger charge is 2.37. The molecule has 198 valence electrons. The summed E-state index contributed by atoms with van der Waals surface area (Å²) in [6.07, 6.45) is 6.77. The number of likely N-dealkylation sites (tertiary alicyclic amines) is 1. The van der Waals surface area contributed by atoms with Crippen LogP contribution in [0.5, 0.6) is 0 Å². The number of ether oxygens (including phenoxy) is 1. The fraction of sp³-hybridized carbons (Fsp3) is 0.538. The third kappa shape index (κ3) is 9.66. The zero-order valence-corrected chi connectivity index (χ0v) is 22.1. The summed E-state index contributed by atoms with van der Waals surface area (Å²) in [5.41, 5.74) is 1.67. The van der Waals surface area contributed by atoms with E-state index < -0.39 is 24.5 Å². The number of carbonyl (C=O) groups excluding carboxylic acids is 2. The van der Waals surface area contributed by atoms with E-state index in [2.05, 4.69) is 35.4 Å². The summed E-state index contributed by atoms with van der Waals surface area (Å²) in [6, 6.07) is 9.29. The van der Waals surface area contributed by atoms with E-state index in [0.29, 0.717) is 13.0 Å². The van der Waals surface area contributed by atoms with Gasteiger partial charge in [0.05, 0.1) is 25.4 Å². The van der Waals surface area contributed by atoms with E-state index in [1.54, 1.807) is 12.5 Å². The molecule has 1 aromatic heterocycles. The molecule has 1 aliphatic rings. The first-order valence-electron chi connectivity index (χ1n) is 12.3. The minimum absolute atomic E-state index is 0.00580. The molecule has 2 heterocycles. The van der Waals surface area contributed by atoms with Gasteiger partial charge in [-0.15, -0.1) is 0 Å². The summed E-state index contributed by atoms with van der Waals surface area (Å²) in [6.45, 7) is 4.62. The average Bonchev–Trinajstić information content (AvgIpc) is 3.55. The predicted molar refractivity (Wildman–Crippen MR) is 141 cm³/mol. The molecule has 0 saturated carbocycles. The molecule has 0 aliphatic carbocycles. The van der Waals surface area contributed by atoms with Gasteiger partial charge in [0, 0.05) is 24.9 Å². The molecular formula is C26H38N4O5S. The number of H-pyrrole nitrogens is 1. The van der Waals surface area contributed by atoms with E-state index in [9.17, 15) is 14.4 Å². The number of nitrogens with zero attached hydrogens (tertiary/aromatic N) is 2. The van der Waals surface area contributed by atoms with Gasteiger partial charge in [0.1, 0.15) is 12.6 Å². The number of amides is 2. The minimum atomic E-state index is -1.12. The highest BCUT2D eigenvalue weighted by Crippen LogP contribution is 2.28. The van der Waals surface area contributed by atoms with Crippen LogP contribution in [0.25, 0.3) is 0 Å². The molecule has 1 aliphatic heterocycles. The lowest BCUT2D eigenvalue weighted by Crippen LogP contribution is -2.45. The van der Waals surface area contributed by atoms with Gasteiger partial charge >= 0.3 is 5.97 Å². The van der Waals surface area contributed by atoms with Gasteiger partial charge in [0.15, 0.2) is 0 Å². The molecule has 1 saturated heterocycles. The van der Waals surface area contributed by atoms with Crippen molar-refractivity contribution in [2.45, 2.75) is 51.7 Å². The molecular weight excluding hydrogens is 480 g/mol. The van der Waals surface area contributed by atoms with Gasteiger partial charge in [-0.05, 0) is 29.9 Å². The minimum Gasteiger partial charge on any atom is -0.480 e. The fourth-order valence-corrected chi connectivity index (χ4v) is 4.12. The van der Waals surface area contributed by atoms with Crippen LogP contribution in [0, 0.1) is 5.92 Å². The molecule has 3 rings (SSSR count). The number of thioether (sulfide) groups is 1. The second-order valence-corrected chi connectivity index (χ2v) is 9.72. The van der Waals surface area contributed by atoms with Crippen LogP contribution in [0.4, 0.5) is 0 Å². The van der Waals surface area contributed by atoms with Crippen molar-refractivity contribution in [1.82, 2.24) is 20.2 Å². The largest absolute Gasteiger partial charge is 0.480 e. The van der Waals surface area contributed by atoms with E-state index in [1.165, 1.54) is 5.75 Å². The van der Waals surface area contributed by atoms with Gasteiger partial charge in [-0.1, -0.05) is 50.6 Å². The predicted octanol–water partition coefficient (Wildman–Crippen LogP) is 2.78. The fourth-order valence-electron chi connectivity index (χ4n) is 4.12. The van der Waals surface area contributed by atoms with Gasteiger partial charge in [-0.3, -0.25) is 14.4 Å². The molecule has 2 aromatic rings. The highest BCUT2D eigenvalue weighted by molar-refractivity contribution is 7.98. The number of aliphatic carboxylic acids is 1. The van der Waals surface area contributed by atoms with Crippen molar-refractivity contribution in [2.75, 3.05) is 31.7 Å². The van der Waals surface area contributed by atoms with E-state index in [4.69, 9.17) is 9.84 Å². The average molecular weight is 519 g/mol. The Balaban J connectivity index is 0.00000106. The maximum absolute atomic E-state index is 12.9. The van der Waals surface area contributed by atoms with Crippen molar-refractivity contribution in [2.24, 2.45) is 5.92 Å². The molecule has 0 radical (unpaired) electrons. The van der Waals surface area contributed by atoms with Crippen LogP contribution in [0.15, 0.2) is 42.9 Å². The van der Waals surface area contributed by atoms with Gasteiger partial charge in [0.25, 0.3) is 0 Å². The van der Waals surface area contributed by atoms with Crippen LogP contribution in [-0.4, -0.2) is 81.6 Å². The first-order valence-corrected chi connectivity index (χ1v) is 13.7. The van der Waals surface area contributed by atoms with Crippen LogP contribution in [0.3, 0.4) is 0 Å². The van der Waals surface area contributed by atoms with Crippen molar-refractivity contribution in [3.8, 4) is 0 Å². The number of aromatic amines is 1. The third-order valence-electron chi connectivity index (χ3n) is 6.15. The molecule has 1 fully saturated rings. The smallest absolute Gasteiger partial charge is 0.322 e. The maximum Gasteiger partial charge on any atom is 0.322 e. The Labute approximate surface area is 217 Å². The lowest BCUT2D eigenvalue weighted by molar-refractivity contribution is -0.142. The molecule has 0 bridgehead atoms. The lowest BCUT2D eigenvalue weighted by atomic mass is 9.98. The third-order valence-corrected chi connectivity index (χ3v) is 6.73. The molecule has 9 nitrogen and oxygen atoms in total. The number of benzene rings is 1. The van der Waals surface area contributed by atoms with Crippen molar-refractivity contribution >= 4 is 29.5 Å². The first-order chi connectivity index (χ1) is 17.4. The Morgan fingerprint density at radius 2 is 2.00 bits per heavy atom. The second-order valence-electron chi connectivity index (χ2n) is 8.57. The topological polar surface area (TPSA) is 125 Å². The molecule has 1 aromatic carbocycles. The Morgan fingerprint density at radius 1 is 1.28 bits per heavy atom. The molecule has 10 heteroatoms. The summed E-state index contributed by atoms with van der Waals surface area (Å²) in [5, 5.41) is 11.3. The van der Waals surface area contributed by atoms with Gasteiger partial charge in [-0.25, -0.2) is 4.98 Å². The Kier molecular flexibility index (Phi) is 13.1. The molecule has 3 N–H and O–H groups in total. The number of rotatable bonds is 12. The first kappa shape index (κ1) is 29.4. The standard InChI is InChI=1S/C23H30N4O5.C3H8S/c1-2-17-8-9-27(21(28)11-18-12-24-15-26-18)19(17)14-32-20(23(31)25-13-22(29)30)10-16-6-4-3-5-7-16;1-3-4-2/h3-7,12,15,17,19-20H,2,8-11,13-14H2,1H3,(H,24,26)(H,25,31)(H,29,30);3H2,1-2H3/t17?,19-,20+;/m1./s1. The number of aromatic nitrogens is 2. The Morgan fingerprint density at radius 3 is 2.58 bits per heavy atom. The number of carboxylic acids is 1. The highest BCUT2D eigenvalue weighted by atomic mass is 32.2. The second kappa shape index (κ2) is 16.0. The lowest BCUT2D eigenvalue weighted by Gasteiger charge is -2.29. The van der Waals surface area contributed by atoms with E-state index in [1.807, 2.05) is 47.0 Å². The van der Waals surface area contributed by atoms with Crippen molar-refractivity contribution in [3.05, 3.63) is 54.1 Å². The molecule has 2 amide bonds. The van der Waals surface area contributed by atoms with Crippen molar-refractivity contribution < 1.29 is 24.2 Å². The number of hydrogen-bond donors (Lipinski definition) is 3. The number of carboxylic acid groups (broad SMARTS) is 1. The SMILES string of the molecule is CCC1CCN(C(=O)Cc2cnc[nH]2)[C@@H]1CO[C@@H](Cc1ccccc1)C(=O)NCC(=O)O.CCSC. The van der Waals surface area contributed by atoms with Crippen LogP contribution >= 0.6 is 11.8 Å². The summed E-state index contributed by atoms with van der Waals surface area (Å²) in [7, 11) is 0. The zero-order valence-electron chi connectivity index (χ0n) is 21.3. The normalized spacial score (nSPS) is 17.7. The zero-order chi connectivity index (χ0) is 26.3. The van der Waals surface area contributed by atoms with E-state index >= 15 is 0 Å². The Bertz CT molecular complexity index is 924. The number of carbonyl (C=O) groups is 3. The van der Waals surface area contributed by atoms with Gasteiger partial charge < -0.3 is 25.0 Å².